The van der Waals surface area contributed by atoms with Gasteiger partial charge in [0.25, 0.3) is 5.91 Å². The van der Waals surface area contributed by atoms with Crippen LogP contribution in [0.5, 0.6) is 5.75 Å². The Labute approximate surface area is 113 Å². The Balaban J connectivity index is 2.69. The fourth-order valence-electron chi connectivity index (χ4n) is 1.49. The molecule has 0 aliphatic carbocycles. The van der Waals surface area contributed by atoms with Gasteiger partial charge in [-0.3, -0.25) is 4.79 Å². The van der Waals surface area contributed by atoms with Crippen molar-refractivity contribution in [3.63, 3.8) is 0 Å². The minimum absolute atomic E-state index is 0.183. The Morgan fingerprint density at radius 3 is 2.44 bits per heavy atom. The van der Waals surface area contributed by atoms with Crippen molar-refractivity contribution in [1.29, 1.82) is 0 Å². The highest BCUT2D eigenvalue weighted by Crippen LogP contribution is 2.12. The van der Waals surface area contributed by atoms with Crippen molar-refractivity contribution in [3.8, 4) is 5.75 Å². The quantitative estimate of drug-likeness (QED) is 0.772. The lowest BCUT2D eigenvalue weighted by atomic mass is 10.1. The van der Waals surface area contributed by atoms with Gasteiger partial charge < -0.3 is 15.8 Å². The number of hydrogen-bond acceptors (Lipinski definition) is 3. The Morgan fingerprint density at radius 2 is 2.00 bits per heavy atom. The first-order valence-corrected chi connectivity index (χ1v) is 6.32. The second-order valence-corrected chi connectivity index (χ2v) is 4.27. The van der Waals surface area contributed by atoms with E-state index in [1.54, 1.807) is 24.3 Å². The van der Waals surface area contributed by atoms with Crippen molar-refractivity contribution >= 4 is 23.1 Å². The first-order chi connectivity index (χ1) is 8.58. The summed E-state index contributed by atoms with van der Waals surface area (Å²) >= 11 is 4.88. The molecule has 4 nitrogen and oxygen atoms in total. The maximum absolute atomic E-state index is 11.9. The first kappa shape index (κ1) is 14.4. The summed E-state index contributed by atoms with van der Waals surface area (Å²) in [5.74, 6) is 0.563. The van der Waals surface area contributed by atoms with E-state index in [4.69, 9.17) is 22.7 Å². The molecule has 3 N–H and O–H groups in total. The van der Waals surface area contributed by atoms with Crippen LogP contribution in [0.2, 0.25) is 0 Å². The average molecular weight is 266 g/mol. The van der Waals surface area contributed by atoms with E-state index in [0.29, 0.717) is 23.6 Å². The lowest BCUT2D eigenvalue weighted by Crippen LogP contribution is -2.42. The topological polar surface area (TPSA) is 64.3 Å². The minimum atomic E-state index is -0.265. The molecule has 1 aromatic rings. The molecule has 1 rings (SSSR count). The van der Waals surface area contributed by atoms with Crippen LogP contribution >= 0.6 is 12.2 Å². The number of carbonyl (C=O) groups is 1. The van der Waals surface area contributed by atoms with Crippen LogP contribution in [0.4, 0.5) is 0 Å². The maximum Gasteiger partial charge on any atom is 0.251 e. The van der Waals surface area contributed by atoms with Crippen LogP contribution < -0.4 is 15.8 Å². The van der Waals surface area contributed by atoms with E-state index in [2.05, 4.69) is 5.32 Å². The third-order valence-corrected chi connectivity index (χ3v) is 2.77. The number of thiocarbonyl (C=S) groups is 1. The summed E-state index contributed by atoms with van der Waals surface area (Å²) in [5, 5.41) is 2.79. The van der Waals surface area contributed by atoms with Crippen LogP contribution in [0.3, 0.4) is 0 Å². The van der Waals surface area contributed by atoms with E-state index in [-0.39, 0.29) is 11.9 Å². The van der Waals surface area contributed by atoms with Crippen LogP contribution in [0.15, 0.2) is 24.3 Å². The number of amides is 1. The summed E-state index contributed by atoms with van der Waals surface area (Å²) in [5.41, 5.74) is 6.10. The Kier molecular flexibility index (Phi) is 5.58. The first-order valence-electron chi connectivity index (χ1n) is 5.91. The molecular formula is C13H18N2O2S. The van der Waals surface area contributed by atoms with Gasteiger partial charge in [0, 0.05) is 5.56 Å². The fourth-order valence-corrected chi connectivity index (χ4v) is 1.71. The van der Waals surface area contributed by atoms with Crippen molar-refractivity contribution in [2.75, 3.05) is 6.61 Å². The van der Waals surface area contributed by atoms with E-state index in [0.717, 1.165) is 5.75 Å². The molecule has 0 saturated carbocycles. The lowest BCUT2D eigenvalue weighted by molar-refractivity contribution is 0.0946. The highest BCUT2D eigenvalue weighted by atomic mass is 32.1. The van der Waals surface area contributed by atoms with Crippen molar-refractivity contribution in [3.05, 3.63) is 29.8 Å². The van der Waals surface area contributed by atoms with Crippen molar-refractivity contribution in [2.45, 2.75) is 26.3 Å². The highest BCUT2D eigenvalue weighted by Gasteiger charge is 2.14. The van der Waals surface area contributed by atoms with Crippen LogP contribution in [0.1, 0.15) is 30.6 Å². The molecule has 1 unspecified atom stereocenters. The smallest absolute Gasteiger partial charge is 0.251 e. The molecule has 5 heteroatoms. The fraction of sp³-hybridized carbons (Fsp3) is 0.385. The third kappa shape index (κ3) is 4.00. The van der Waals surface area contributed by atoms with Gasteiger partial charge in [-0.2, -0.15) is 0 Å². The standard InChI is InChI=1S/C13H18N2O2S/c1-3-11(12(14)18)15-13(16)9-5-7-10(8-6-9)17-4-2/h5-8,11H,3-4H2,1-2H3,(H2,14,18)(H,15,16). The van der Waals surface area contributed by atoms with E-state index in [1.807, 2.05) is 13.8 Å². The molecule has 0 saturated heterocycles. The third-order valence-electron chi connectivity index (χ3n) is 2.48. The molecule has 0 aromatic heterocycles. The molecule has 1 aromatic carbocycles. The molecule has 18 heavy (non-hydrogen) atoms. The van der Waals surface area contributed by atoms with Crippen molar-refractivity contribution in [1.82, 2.24) is 5.32 Å². The van der Waals surface area contributed by atoms with Gasteiger partial charge in [0.1, 0.15) is 5.75 Å². The maximum atomic E-state index is 11.9. The summed E-state index contributed by atoms with van der Waals surface area (Å²) < 4.78 is 5.31. The Morgan fingerprint density at radius 1 is 1.39 bits per heavy atom. The SMILES string of the molecule is CCOc1ccc(C(=O)NC(CC)C(N)=S)cc1. The molecule has 1 atom stereocenters. The zero-order chi connectivity index (χ0) is 13.5. The van der Waals surface area contributed by atoms with E-state index < -0.39 is 0 Å². The van der Waals surface area contributed by atoms with E-state index in [1.165, 1.54) is 0 Å². The molecule has 0 bridgehead atoms. The monoisotopic (exact) mass is 266 g/mol. The number of ether oxygens (including phenoxy) is 1. The Bertz CT molecular complexity index is 418. The summed E-state index contributed by atoms with van der Waals surface area (Å²) in [6.45, 7) is 4.43. The largest absolute Gasteiger partial charge is 0.494 e. The number of nitrogens with two attached hydrogens (primary N) is 1. The summed E-state index contributed by atoms with van der Waals surface area (Å²) in [4.78, 5) is 12.2. The van der Waals surface area contributed by atoms with Gasteiger partial charge in [-0.25, -0.2) is 0 Å². The van der Waals surface area contributed by atoms with Crippen molar-refractivity contribution < 1.29 is 9.53 Å². The molecule has 0 radical (unpaired) electrons. The molecule has 0 spiro atoms. The van der Waals surface area contributed by atoms with E-state index in [9.17, 15) is 4.79 Å². The lowest BCUT2D eigenvalue weighted by Gasteiger charge is -2.15. The van der Waals surface area contributed by atoms with Gasteiger partial charge in [0.2, 0.25) is 0 Å². The minimum Gasteiger partial charge on any atom is -0.494 e. The molecule has 0 heterocycles. The summed E-state index contributed by atoms with van der Waals surface area (Å²) in [6, 6.07) is 6.69. The van der Waals surface area contributed by atoms with Gasteiger partial charge >= 0.3 is 0 Å². The number of rotatable bonds is 6. The molecule has 0 aliphatic heterocycles. The zero-order valence-corrected chi connectivity index (χ0v) is 11.4. The van der Waals surface area contributed by atoms with Gasteiger partial charge in [0.15, 0.2) is 0 Å². The van der Waals surface area contributed by atoms with Gasteiger partial charge in [-0.15, -0.1) is 0 Å². The van der Waals surface area contributed by atoms with Crippen LogP contribution in [-0.4, -0.2) is 23.5 Å². The van der Waals surface area contributed by atoms with Crippen LogP contribution in [0, 0.1) is 0 Å². The molecule has 0 fully saturated rings. The number of benzene rings is 1. The predicted molar refractivity (Wildman–Crippen MR) is 75.9 cm³/mol. The van der Waals surface area contributed by atoms with Gasteiger partial charge in [-0.1, -0.05) is 19.1 Å². The molecule has 98 valence electrons. The summed E-state index contributed by atoms with van der Waals surface area (Å²) in [7, 11) is 0. The van der Waals surface area contributed by atoms with E-state index >= 15 is 0 Å². The second kappa shape index (κ2) is 6.96. The number of carbonyl (C=O) groups excluding carboxylic acids is 1. The van der Waals surface area contributed by atoms with Crippen LogP contribution in [0.25, 0.3) is 0 Å². The molecular weight excluding hydrogens is 248 g/mol. The van der Waals surface area contributed by atoms with Crippen LogP contribution in [-0.2, 0) is 0 Å². The Hall–Kier alpha value is -1.62. The molecule has 0 aliphatic rings. The summed E-state index contributed by atoms with van der Waals surface area (Å²) in [6.07, 6.45) is 0.679. The second-order valence-electron chi connectivity index (χ2n) is 3.79. The molecule has 1 amide bonds. The highest BCUT2D eigenvalue weighted by molar-refractivity contribution is 7.80. The van der Waals surface area contributed by atoms with Gasteiger partial charge in [-0.05, 0) is 37.6 Å². The number of nitrogens with one attached hydrogen (secondary N) is 1. The average Bonchev–Trinajstić information content (AvgIpc) is 2.36. The normalized spacial score (nSPS) is 11.7. The number of hydrogen-bond donors (Lipinski definition) is 2. The van der Waals surface area contributed by atoms with Gasteiger partial charge in [0.05, 0.1) is 17.6 Å². The predicted octanol–water partition coefficient (Wildman–Crippen LogP) is 1.88. The zero-order valence-electron chi connectivity index (χ0n) is 10.6. The van der Waals surface area contributed by atoms with Crippen molar-refractivity contribution in [2.24, 2.45) is 5.73 Å².